The monoisotopic (exact) mass is 260 g/mol. The van der Waals surface area contributed by atoms with Crippen LogP contribution in [0.4, 0.5) is 10.1 Å². The molecule has 7 heteroatoms. The summed E-state index contributed by atoms with van der Waals surface area (Å²) in [7, 11) is 1.34. The molecule has 17 heavy (non-hydrogen) atoms. The number of rotatable bonds is 4. The predicted octanol–water partition coefficient (Wildman–Crippen LogP) is 1.09. The van der Waals surface area contributed by atoms with Crippen molar-refractivity contribution in [1.29, 1.82) is 0 Å². The Balaban J connectivity index is 2.80. The van der Waals surface area contributed by atoms with Crippen LogP contribution in [0, 0.1) is 5.82 Å². The molecule has 0 aliphatic heterocycles. The molecule has 1 aromatic carbocycles. The lowest BCUT2D eigenvalue weighted by Crippen LogP contribution is -2.44. The fraction of sp³-hybridized carbons (Fsp3) is 0.200. The molecule has 5 nitrogen and oxygen atoms in total. The van der Waals surface area contributed by atoms with E-state index in [0.717, 1.165) is 6.07 Å². The summed E-state index contributed by atoms with van der Waals surface area (Å²) in [6, 6.07) is 2.18. The first-order valence-corrected chi connectivity index (χ1v) is 4.99. The number of hydrogen-bond acceptors (Lipinski definition) is 3. The van der Waals surface area contributed by atoms with Crippen LogP contribution in [0.3, 0.4) is 0 Å². The van der Waals surface area contributed by atoms with Crippen molar-refractivity contribution >= 4 is 29.2 Å². The van der Waals surface area contributed by atoms with E-state index in [4.69, 9.17) is 16.7 Å². The Kier molecular flexibility index (Phi) is 4.42. The van der Waals surface area contributed by atoms with Crippen molar-refractivity contribution in [3.63, 3.8) is 0 Å². The molecular weight excluding hydrogens is 251 g/mol. The quantitative estimate of drug-likeness (QED) is 0.708. The van der Waals surface area contributed by atoms with E-state index in [2.05, 4.69) is 10.6 Å². The molecule has 0 aliphatic carbocycles. The van der Waals surface area contributed by atoms with Crippen LogP contribution in [0.25, 0.3) is 0 Å². The summed E-state index contributed by atoms with van der Waals surface area (Å²) >= 11 is 5.52. The minimum atomic E-state index is -1.38. The van der Waals surface area contributed by atoms with Gasteiger partial charge in [-0.2, -0.15) is 0 Å². The van der Waals surface area contributed by atoms with Crippen LogP contribution in [-0.4, -0.2) is 30.1 Å². The van der Waals surface area contributed by atoms with Crippen LogP contribution in [0.15, 0.2) is 18.2 Å². The zero-order valence-corrected chi connectivity index (χ0v) is 9.58. The number of likely N-dealkylation sites (N-methyl/N-ethyl adjacent to an activating group) is 1. The van der Waals surface area contributed by atoms with Gasteiger partial charge in [0.15, 0.2) is 6.04 Å². The molecule has 92 valence electrons. The van der Waals surface area contributed by atoms with Crippen molar-refractivity contribution in [2.45, 2.75) is 6.04 Å². The van der Waals surface area contributed by atoms with Gasteiger partial charge in [-0.25, -0.2) is 9.18 Å². The SMILES string of the molecule is CNC(C(=O)O)C(=O)Nc1ccc(F)c(Cl)c1. The van der Waals surface area contributed by atoms with E-state index < -0.39 is 23.7 Å². The molecule has 0 aliphatic rings. The molecule has 0 bridgehead atoms. The van der Waals surface area contributed by atoms with Gasteiger partial charge in [0.1, 0.15) is 5.82 Å². The van der Waals surface area contributed by atoms with Gasteiger partial charge < -0.3 is 10.4 Å². The minimum Gasteiger partial charge on any atom is -0.480 e. The van der Waals surface area contributed by atoms with Crippen molar-refractivity contribution in [2.75, 3.05) is 12.4 Å². The van der Waals surface area contributed by atoms with Crippen LogP contribution in [0.5, 0.6) is 0 Å². The lowest BCUT2D eigenvalue weighted by atomic mass is 10.2. The second-order valence-corrected chi connectivity index (χ2v) is 3.59. The molecule has 1 rings (SSSR count). The van der Waals surface area contributed by atoms with Gasteiger partial charge in [-0.05, 0) is 25.2 Å². The van der Waals surface area contributed by atoms with E-state index in [1.807, 2.05) is 0 Å². The molecule has 1 atom stereocenters. The molecular formula is C10H10ClFN2O3. The Morgan fingerprint density at radius 2 is 2.12 bits per heavy atom. The number of aliphatic carboxylic acids is 1. The number of benzene rings is 1. The van der Waals surface area contributed by atoms with Crippen LogP contribution in [0.2, 0.25) is 5.02 Å². The van der Waals surface area contributed by atoms with Crippen molar-refractivity contribution in [3.05, 3.63) is 29.0 Å². The van der Waals surface area contributed by atoms with E-state index in [-0.39, 0.29) is 10.7 Å². The van der Waals surface area contributed by atoms with Gasteiger partial charge in [0.2, 0.25) is 0 Å². The number of carbonyl (C=O) groups excluding carboxylic acids is 1. The van der Waals surface area contributed by atoms with E-state index in [1.165, 1.54) is 19.2 Å². The zero-order chi connectivity index (χ0) is 13.0. The summed E-state index contributed by atoms with van der Waals surface area (Å²) in [5.41, 5.74) is 0.225. The number of anilines is 1. The molecule has 3 N–H and O–H groups in total. The number of nitrogens with one attached hydrogen (secondary N) is 2. The van der Waals surface area contributed by atoms with Crippen LogP contribution < -0.4 is 10.6 Å². The number of amides is 1. The molecule has 1 amide bonds. The molecule has 0 heterocycles. The fourth-order valence-electron chi connectivity index (χ4n) is 1.16. The second kappa shape index (κ2) is 5.60. The molecule has 0 radical (unpaired) electrons. The van der Waals surface area contributed by atoms with Crippen molar-refractivity contribution in [3.8, 4) is 0 Å². The lowest BCUT2D eigenvalue weighted by molar-refractivity contribution is -0.142. The number of carboxylic acids is 1. The van der Waals surface area contributed by atoms with Gasteiger partial charge >= 0.3 is 5.97 Å². The molecule has 0 fully saturated rings. The summed E-state index contributed by atoms with van der Waals surface area (Å²) in [6.07, 6.45) is 0. The highest BCUT2D eigenvalue weighted by Gasteiger charge is 2.24. The Labute approximate surface area is 102 Å². The fourth-order valence-corrected chi connectivity index (χ4v) is 1.34. The largest absolute Gasteiger partial charge is 0.480 e. The lowest BCUT2D eigenvalue weighted by Gasteiger charge is -2.11. The summed E-state index contributed by atoms with van der Waals surface area (Å²) in [5, 5.41) is 13.2. The molecule has 0 saturated carbocycles. The van der Waals surface area contributed by atoms with Gasteiger partial charge in [0, 0.05) is 5.69 Å². The van der Waals surface area contributed by atoms with Gasteiger partial charge in [0.25, 0.3) is 5.91 Å². The Morgan fingerprint density at radius 3 is 2.59 bits per heavy atom. The standard InChI is InChI=1S/C10H10ClFN2O3/c1-13-8(10(16)17)9(15)14-5-2-3-7(12)6(11)4-5/h2-4,8,13H,1H3,(H,14,15)(H,16,17). The zero-order valence-electron chi connectivity index (χ0n) is 8.83. The van der Waals surface area contributed by atoms with Crippen molar-refractivity contribution in [1.82, 2.24) is 5.32 Å². The Hall–Kier alpha value is -1.66. The second-order valence-electron chi connectivity index (χ2n) is 3.18. The maximum atomic E-state index is 12.8. The normalized spacial score (nSPS) is 11.9. The highest BCUT2D eigenvalue weighted by molar-refractivity contribution is 6.31. The summed E-state index contributed by atoms with van der Waals surface area (Å²) in [6.45, 7) is 0. The molecule has 0 aromatic heterocycles. The molecule has 1 aromatic rings. The summed E-state index contributed by atoms with van der Waals surface area (Å²) in [4.78, 5) is 22.2. The topological polar surface area (TPSA) is 78.4 Å². The third kappa shape index (κ3) is 3.40. The minimum absolute atomic E-state index is 0.154. The molecule has 1 unspecified atom stereocenters. The first-order valence-electron chi connectivity index (χ1n) is 4.61. The van der Waals surface area contributed by atoms with Crippen LogP contribution >= 0.6 is 11.6 Å². The van der Waals surface area contributed by atoms with Crippen LogP contribution in [0.1, 0.15) is 0 Å². The van der Waals surface area contributed by atoms with Gasteiger partial charge in [0.05, 0.1) is 5.02 Å². The number of hydrogen-bond donors (Lipinski definition) is 3. The van der Waals surface area contributed by atoms with E-state index in [9.17, 15) is 14.0 Å². The third-order valence-electron chi connectivity index (χ3n) is 1.98. The smallest absolute Gasteiger partial charge is 0.330 e. The number of carboxylic acid groups (broad SMARTS) is 1. The van der Waals surface area contributed by atoms with E-state index in [0.29, 0.717) is 0 Å². The van der Waals surface area contributed by atoms with Gasteiger partial charge in [-0.15, -0.1) is 0 Å². The maximum Gasteiger partial charge on any atom is 0.330 e. The molecule has 0 saturated heterocycles. The summed E-state index contributed by atoms with van der Waals surface area (Å²) < 4.78 is 12.8. The van der Waals surface area contributed by atoms with Gasteiger partial charge in [-0.3, -0.25) is 10.1 Å². The van der Waals surface area contributed by atoms with Crippen LogP contribution in [-0.2, 0) is 9.59 Å². The Bertz CT molecular complexity index is 453. The number of carbonyl (C=O) groups is 2. The summed E-state index contributed by atoms with van der Waals surface area (Å²) in [5.74, 6) is -2.69. The van der Waals surface area contributed by atoms with E-state index in [1.54, 1.807) is 0 Å². The maximum absolute atomic E-state index is 12.8. The third-order valence-corrected chi connectivity index (χ3v) is 2.27. The van der Waals surface area contributed by atoms with Crippen molar-refractivity contribution < 1.29 is 19.1 Å². The number of halogens is 2. The average Bonchev–Trinajstić information content (AvgIpc) is 2.24. The highest BCUT2D eigenvalue weighted by atomic mass is 35.5. The first-order chi connectivity index (χ1) is 7.95. The molecule has 0 spiro atoms. The predicted molar refractivity (Wildman–Crippen MR) is 60.5 cm³/mol. The van der Waals surface area contributed by atoms with Gasteiger partial charge in [-0.1, -0.05) is 11.6 Å². The average molecular weight is 261 g/mol. The van der Waals surface area contributed by atoms with E-state index >= 15 is 0 Å². The van der Waals surface area contributed by atoms with Crippen molar-refractivity contribution in [2.24, 2.45) is 0 Å². The Morgan fingerprint density at radius 1 is 1.47 bits per heavy atom. The highest BCUT2D eigenvalue weighted by Crippen LogP contribution is 2.19. The first kappa shape index (κ1) is 13.4.